The van der Waals surface area contributed by atoms with Crippen molar-refractivity contribution in [2.75, 3.05) is 7.11 Å². The van der Waals surface area contributed by atoms with Crippen LogP contribution in [0.2, 0.25) is 5.02 Å². The normalized spacial score (nSPS) is 11.1. The molecule has 9 heteroatoms. The summed E-state index contributed by atoms with van der Waals surface area (Å²) < 4.78 is 15.1. The third-order valence-corrected chi connectivity index (χ3v) is 5.24. The van der Waals surface area contributed by atoms with E-state index >= 15 is 0 Å². The molecule has 0 amide bonds. The van der Waals surface area contributed by atoms with Gasteiger partial charge in [-0.15, -0.1) is 0 Å². The second kappa shape index (κ2) is 7.72. The number of hydrogen-bond donors (Lipinski definition) is 0. The van der Waals surface area contributed by atoms with Gasteiger partial charge in [-0.3, -0.25) is 18.5 Å². The molecule has 154 valence electrons. The van der Waals surface area contributed by atoms with Gasteiger partial charge in [0.1, 0.15) is 11.5 Å². The van der Waals surface area contributed by atoms with Crippen molar-refractivity contribution in [3.05, 3.63) is 80.0 Å². The third-order valence-electron chi connectivity index (χ3n) is 4.87. The molecule has 0 radical (unpaired) electrons. The minimum atomic E-state index is -0.467. The molecule has 0 bridgehead atoms. The van der Waals surface area contributed by atoms with Crippen molar-refractivity contribution in [1.29, 1.82) is 0 Å². The van der Waals surface area contributed by atoms with Gasteiger partial charge in [0.25, 0.3) is 5.56 Å². The molecule has 0 saturated carbocycles. The van der Waals surface area contributed by atoms with E-state index in [4.69, 9.17) is 21.1 Å². The van der Waals surface area contributed by atoms with Gasteiger partial charge in [0, 0.05) is 19.1 Å². The summed E-state index contributed by atoms with van der Waals surface area (Å²) in [6.45, 7) is 0.245. The van der Waals surface area contributed by atoms with Gasteiger partial charge in [-0.05, 0) is 35.9 Å². The summed E-state index contributed by atoms with van der Waals surface area (Å²) >= 11 is 6.34. The Morgan fingerprint density at radius 3 is 2.30 bits per heavy atom. The fraction of sp³-hybridized carbons (Fsp3) is 0.190. The third kappa shape index (κ3) is 3.35. The summed E-state index contributed by atoms with van der Waals surface area (Å²) in [5.41, 5.74) is 0.346. The standard InChI is InChI=1S/C21H19ClN4O4/c1-24-18-17(19(27)25(2)21(24)28)26(12-13-6-4-5-7-16(13)22)20(23-18)30-15-10-8-14(29-3)9-11-15/h4-11H,12H2,1-3H3. The van der Waals surface area contributed by atoms with Gasteiger partial charge in [0.15, 0.2) is 11.2 Å². The first kappa shape index (κ1) is 19.8. The molecule has 30 heavy (non-hydrogen) atoms. The van der Waals surface area contributed by atoms with Crippen LogP contribution in [0.4, 0.5) is 0 Å². The first-order valence-corrected chi connectivity index (χ1v) is 9.50. The van der Waals surface area contributed by atoms with Gasteiger partial charge < -0.3 is 9.47 Å². The number of benzene rings is 2. The molecule has 0 saturated heterocycles. The molecular weight excluding hydrogens is 408 g/mol. The second-order valence-electron chi connectivity index (χ2n) is 6.73. The SMILES string of the molecule is COc1ccc(Oc2nc3c(c(=O)n(C)c(=O)n3C)n2Cc2ccccc2Cl)cc1. The molecule has 0 aliphatic heterocycles. The lowest BCUT2D eigenvalue weighted by molar-refractivity contribution is 0.406. The summed E-state index contributed by atoms with van der Waals surface area (Å²) in [4.78, 5) is 29.8. The highest BCUT2D eigenvalue weighted by atomic mass is 35.5. The maximum Gasteiger partial charge on any atom is 0.332 e. The van der Waals surface area contributed by atoms with Crippen molar-refractivity contribution >= 4 is 22.8 Å². The van der Waals surface area contributed by atoms with Crippen LogP contribution in [-0.2, 0) is 20.6 Å². The average molecular weight is 427 g/mol. The fourth-order valence-electron chi connectivity index (χ4n) is 3.20. The molecule has 2 aromatic heterocycles. The Morgan fingerprint density at radius 1 is 0.967 bits per heavy atom. The lowest BCUT2D eigenvalue weighted by Crippen LogP contribution is -2.37. The summed E-state index contributed by atoms with van der Waals surface area (Å²) in [5.74, 6) is 1.19. The molecule has 0 fully saturated rings. The van der Waals surface area contributed by atoms with Gasteiger partial charge in [-0.2, -0.15) is 4.98 Å². The molecule has 0 unspecified atom stereocenters. The van der Waals surface area contributed by atoms with Gasteiger partial charge in [-0.1, -0.05) is 29.8 Å². The number of methoxy groups -OCH3 is 1. The van der Waals surface area contributed by atoms with Crippen molar-refractivity contribution in [2.24, 2.45) is 14.1 Å². The first-order chi connectivity index (χ1) is 14.4. The molecule has 2 aromatic carbocycles. The number of nitrogens with zero attached hydrogens (tertiary/aromatic N) is 4. The van der Waals surface area contributed by atoms with E-state index < -0.39 is 11.2 Å². The van der Waals surface area contributed by atoms with Crippen molar-refractivity contribution < 1.29 is 9.47 Å². The molecule has 4 rings (SSSR count). The molecule has 0 spiro atoms. The van der Waals surface area contributed by atoms with Crippen molar-refractivity contribution in [3.8, 4) is 17.5 Å². The van der Waals surface area contributed by atoms with Crippen molar-refractivity contribution in [2.45, 2.75) is 6.54 Å². The predicted molar refractivity (Wildman–Crippen MR) is 114 cm³/mol. The van der Waals surface area contributed by atoms with Gasteiger partial charge >= 0.3 is 11.7 Å². The smallest absolute Gasteiger partial charge is 0.332 e. The van der Waals surface area contributed by atoms with Crippen LogP contribution in [0.5, 0.6) is 17.5 Å². The molecular formula is C21H19ClN4O4. The lowest BCUT2D eigenvalue weighted by Gasteiger charge is -2.11. The number of aromatic nitrogens is 4. The van der Waals surface area contributed by atoms with Gasteiger partial charge in [0.2, 0.25) is 0 Å². The van der Waals surface area contributed by atoms with Gasteiger partial charge in [-0.25, -0.2) is 4.79 Å². The number of ether oxygens (including phenoxy) is 2. The van der Waals surface area contributed by atoms with E-state index in [2.05, 4.69) is 4.98 Å². The maximum atomic E-state index is 12.9. The van der Waals surface area contributed by atoms with E-state index in [1.165, 1.54) is 11.6 Å². The van der Waals surface area contributed by atoms with E-state index in [0.717, 1.165) is 10.1 Å². The Morgan fingerprint density at radius 2 is 1.63 bits per heavy atom. The number of fused-ring (bicyclic) bond motifs is 1. The van der Waals surface area contributed by atoms with Crippen molar-refractivity contribution in [1.82, 2.24) is 18.7 Å². The van der Waals surface area contributed by atoms with Crippen LogP contribution in [-0.4, -0.2) is 25.8 Å². The molecule has 2 heterocycles. The minimum Gasteiger partial charge on any atom is -0.497 e. The molecule has 8 nitrogen and oxygen atoms in total. The number of aryl methyl sites for hydroxylation is 1. The Hall–Kier alpha value is -3.52. The highest BCUT2D eigenvalue weighted by molar-refractivity contribution is 6.31. The summed E-state index contributed by atoms with van der Waals surface area (Å²) in [6, 6.07) is 14.5. The van der Waals surface area contributed by atoms with Crippen LogP contribution in [0.25, 0.3) is 11.2 Å². The van der Waals surface area contributed by atoms with Crippen LogP contribution in [0.3, 0.4) is 0 Å². The quantitative estimate of drug-likeness (QED) is 0.490. The molecule has 4 aromatic rings. The predicted octanol–water partition coefficient (Wildman–Crippen LogP) is 2.94. The summed E-state index contributed by atoms with van der Waals surface area (Å²) in [5, 5.41) is 0.552. The highest BCUT2D eigenvalue weighted by Crippen LogP contribution is 2.27. The maximum absolute atomic E-state index is 12.9. The molecule has 0 aliphatic rings. The van der Waals surface area contributed by atoms with E-state index in [9.17, 15) is 9.59 Å². The van der Waals surface area contributed by atoms with Crippen molar-refractivity contribution in [3.63, 3.8) is 0 Å². The molecule has 0 atom stereocenters. The van der Waals surface area contributed by atoms with Crippen LogP contribution >= 0.6 is 11.6 Å². The number of rotatable bonds is 5. The summed E-state index contributed by atoms with van der Waals surface area (Å²) in [7, 11) is 4.57. The van der Waals surface area contributed by atoms with E-state index in [1.807, 2.05) is 18.2 Å². The zero-order valence-corrected chi connectivity index (χ0v) is 17.4. The molecule has 0 aliphatic carbocycles. The molecule has 0 N–H and O–H groups in total. The van der Waals surface area contributed by atoms with E-state index in [-0.39, 0.29) is 23.7 Å². The highest BCUT2D eigenvalue weighted by Gasteiger charge is 2.21. The largest absolute Gasteiger partial charge is 0.497 e. The van der Waals surface area contributed by atoms with Crippen LogP contribution < -0.4 is 20.7 Å². The monoisotopic (exact) mass is 426 g/mol. The second-order valence-corrected chi connectivity index (χ2v) is 7.13. The van der Waals surface area contributed by atoms with Gasteiger partial charge in [0.05, 0.1) is 13.7 Å². The Labute approximate surface area is 176 Å². The summed E-state index contributed by atoms with van der Waals surface area (Å²) in [6.07, 6.45) is 0. The number of halogens is 1. The minimum absolute atomic E-state index is 0.174. The van der Waals surface area contributed by atoms with Crippen LogP contribution in [0, 0.1) is 0 Å². The Kier molecular flexibility index (Phi) is 5.09. The fourth-order valence-corrected chi connectivity index (χ4v) is 3.39. The van der Waals surface area contributed by atoms with E-state index in [1.54, 1.807) is 49.1 Å². The topological polar surface area (TPSA) is 80.3 Å². The number of imidazole rings is 1. The Bertz CT molecular complexity index is 1350. The zero-order chi connectivity index (χ0) is 21.4. The average Bonchev–Trinajstić information content (AvgIpc) is 3.11. The first-order valence-electron chi connectivity index (χ1n) is 9.12. The Balaban J connectivity index is 1.92. The van der Waals surface area contributed by atoms with E-state index in [0.29, 0.717) is 16.5 Å². The number of hydrogen-bond acceptors (Lipinski definition) is 5. The lowest BCUT2D eigenvalue weighted by atomic mass is 10.2. The zero-order valence-electron chi connectivity index (χ0n) is 16.6. The van der Waals surface area contributed by atoms with Crippen LogP contribution in [0.15, 0.2) is 58.1 Å². The van der Waals surface area contributed by atoms with Crippen LogP contribution in [0.1, 0.15) is 5.56 Å².